The van der Waals surface area contributed by atoms with Crippen molar-refractivity contribution in [3.8, 4) is 0 Å². The maximum Gasteiger partial charge on any atom is 0.258 e. The van der Waals surface area contributed by atoms with E-state index in [9.17, 15) is 4.79 Å². The lowest BCUT2D eigenvalue weighted by molar-refractivity contribution is 0.603. The average Bonchev–Trinajstić information content (AvgIpc) is 2.29. The highest BCUT2D eigenvalue weighted by Gasteiger charge is 2.04. The number of nitrogens with zero attached hydrogens (tertiary/aromatic N) is 1. The molecule has 0 aliphatic rings. The minimum atomic E-state index is 0.143. The number of aromatic nitrogens is 1. The second kappa shape index (κ2) is 4.52. The SMILES string of the molecule is CCCCn1c(C)cc2ccccc2c1=O. The van der Waals surface area contributed by atoms with Crippen molar-refractivity contribution in [2.75, 3.05) is 0 Å². The van der Waals surface area contributed by atoms with E-state index in [1.807, 2.05) is 35.8 Å². The minimum absolute atomic E-state index is 0.143. The van der Waals surface area contributed by atoms with E-state index in [0.717, 1.165) is 35.9 Å². The first-order valence-corrected chi connectivity index (χ1v) is 5.83. The van der Waals surface area contributed by atoms with Crippen LogP contribution in [0.2, 0.25) is 0 Å². The van der Waals surface area contributed by atoms with E-state index in [1.165, 1.54) is 0 Å². The molecule has 0 unspecified atom stereocenters. The van der Waals surface area contributed by atoms with Crippen LogP contribution in [0.15, 0.2) is 35.1 Å². The van der Waals surface area contributed by atoms with Crippen molar-refractivity contribution in [3.05, 3.63) is 46.4 Å². The van der Waals surface area contributed by atoms with Gasteiger partial charge in [-0.1, -0.05) is 31.5 Å². The summed E-state index contributed by atoms with van der Waals surface area (Å²) >= 11 is 0. The Labute approximate surface area is 95.5 Å². The zero-order chi connectivity index (χ0) is 11.5. The monoisotopic (exact) mass is 215 g/mol. The Bertz CT molecular complexity index is 554. The molecule has 0 amide bonds. The van der Waals surface area contributed by atoms with Crippen molar-refractivity contribution in [2.24, 2.45) is 0 Å². The second-order valence-corrected chi connectivity index (χ2v) is 4.18. The van der Waals surface area contributed by atoms with E-state index < -0.39 is 0 Å². The molecule has 84 valence electrons. The number of benzene rings is 1. The Hall–Kier alpha value is -1.57. The van der Waals surface area contributed by atoms with Gasteiger partial charge in [0, 0.05) is 17.6 Å². The van der Waals surface area contributed by atoms with Crippen molar-refractivity contribution in [1.82, 2.24) is 4.57 Å². The van der Waals surface area contributed by atoms with E-state index in [4.69, 9.17) is 0 Å². The number of aryl methyl sites for hydroxylation is 1. The Morgan fingerprint density at radius 2 is 2.00 bits per heavy atom. The first kappa shape index (κ1) is 10.9. The highest BCUT2D eigenvalue weighted by atomic mass is 16.1. The van der Waals surface area contributed by atoms with Gasteiger partial charge >= 0.3 is 0 Å². The van der Waals surface area contributed by atoms with E-state index in [0.29, 0.717) is 0 Å². The Balaban J connectivity index is 2.61. The van der Waals surface area contributed by atoms with Crippen LogP contribution in [0.3, 0.4) is 0 Å². The van der Waals surface area contributed by atoms with Crippen LogP contribution >= 0.6 is 0 Å². The van der Waals surface area contributed by atoms with Crippen LogP contribution in [0.5, 0.6) is 0 Å². The lowest BCUT2D eigenvalue weighted by Gasteiger charge is -2.10. The van der Waals surface area contributed by atoms with Crippen molar-refractivity contribution in [3.63, 3.8) is 0 Å². The van der Waals surface area contributed by atoms with Gasteiger partial charge in [0.15, 0.2) is 0 Å². The largest absolute Gasteiger partial charge is 0.312 e. The molecule has 1 heterocycles. The standard InChI is InChI=1S/C14H17NO/c1-3-4-9-15-11(2)10-12-7-5-6-8-13(12)14(15)16/h5-8,10H,3-4,9H2,1-2H3. The predicted octanol–water partition coefficient (Wildman–Crippen LogP) is 3.11. The summed E-state index contributed by atoms with van der Waals surface area (Å²) in [5, 5.41) is 1.86. The number of unbranched alkanes of at least 4 members (excludes halogenated alkanes) is 1. The number of rotatable bonds is 3. The summed E-state index contributed by atoms with van der Waals surface area (Å²) in [6, 6.07) is 9.88. The third-order valence-corrected chi connectivity index (χ3v) is 2.96. The zero-order valence-corrected chi connectivity index (χ0v) is 9.86. The zero-order valence-electron chi connectivity index (χ0n) is 9.86. The van der Waals surface area contributed by atoms with Gasteiger partial charge in [0.05, 0.1) is 0 Å². The molecule has 0 aliphatic carbocycles. The van der Waals surface area contributed by atoms with Gasteiger partial charge in [0.2, 0.25) is 0 Å². The van der Waals surface area contributed by atoms with Crippen LogP contribution in [-0.4, -0.2) is 4.57 Å². The predicted molar refractivity (Wildman–Crippen MR) is 67.9 cm³/mol. The van der Waals surface area contributed by atoms with Crippen molar-refractivity contribution in [2.45, 2.75) is 33.2 Å². The molecule has 0 atom stereocenters. The third-order valence-electron chi connectivity index (χ3n) is 2.96. The smallest absolute Gasteiger partial charge is 0.258 e. The van der Waals surface area contributed by atoms with Crippen molar-refractivity contribution in [1.29, 1.82) is 0 Å². The average molecular weight is 215 g/mol. The van der Waals surface area contributed by atoms with Crippen LogP contribution in [0.1, 0.15) is 25.5 Å². The summed E-state index contributed by atoms with van der Waals surface area (Å²) in [6.45, 7) is 4.97. The summed E-state index contributed by atoms with van der Waals surface area (Å²) in [7, 11) is 0. The number of pyridine rings is 1. The normalized spacial score (nSPS) is 10.9. The van der Waals surface area contributed by atoms with E-state index in [-0.39, 0.29) is 5.56 Å². The van der Waals surface area contributed by atoms with Crippen LogP contribution in [0, 0.1) is 6.92 Å². The molecule has 2 nitrogen and oxygen atoms in total. The Morgan fingerprint density at radius 3 is 2.75 bits per heavy atom. The van der Waals surface area contributed by atoms with Gasteiger partial charge in [-0.15, -0.1) is 0 Å². The lowest BCUT2D eigenvalue weighted by atomic mass is 10.1. The van der Waals surface area contributed by atoms with Gasteiger partial charge in [-0.2, -0.15) is 0 Å². The molecule has 1 aromatic heterocycles. The molecule has 2 aromatic rings. The van der Waals surface area contributed by atoms with E-state index in [2.05, 4.69) is 13.0 Å². The minimum Gasteiger partial charge on any atom is -0.312 e. The van der Waals surface area contributed by atoms with Crippen LogP contribution in [0.4, 0.5) is 0 Å². The molecule has 0 saturated heterocycles. The van der Waals surface area contributed by atoms with Crippen LogP contribution < -0.4 is 5.56 Å². The summed E-state index contributed by atoms with van der Waals surface area (Å²) in [5.74, 6) is 0. The highest BCUT2D eigenvalue weighted by Crippen LogP contribution is 2.11. The molecular weight excluding hydrogens is 198 g/mol. The molecule has 2 heteroatoms. The highest BCUT2D eigenvalue weighted by molar-refractivity contribution is 5.81. The molecule has 0 aliphatic heterocycles. The Morgan fingerprint density at radius 1 is 1.25 bits per heavy atom. The maximum atomic E-state index is 12.2. The first-order valence-electron chi connectivity index (χ1n) is 5.83. The quantitative estimate of drug-likeness (QED) is 0.771. The lowest BCUT2D eigenvalue weighted by Crippen LogP contribution is -2.22. The summed E-state index contributed by atoms with van der Waals surface area (Å²) < 4.78 is 1.88. The van der Waals surface area contributed by atoms with Crippen LogP contribution in [-0.2, 0) is 6.54 Å². The molecule has 16 heavy (non-hydrogen) atoms. The van der Waals surface area contributed by atoms with Gasteiger partial charge in [-0.05, 0) is 30.9 Å². The Kier molecular flexibility index (Phi) is 3.09. The van der Waals surface area contributed by atoms with Gasteiger partial charge in [0.1, 0.15) is 0 Å². The number of hydrogen-bond donors (Lipinski definition) is 0. The fourth-order valence-corrected chi connectivity index (χ4v) is 2.02. The molecule has 1 aromatic carbocycles. The maximum absolute atomic E-state index is 12.2. The summed E-state index contributed by atoms with van der Waals surface area (Å²) in [4.78, 5) is 12.2. The fraction of sp³-hybridized carbons (Fsp3) is 0.357. The molecule has 0 fully saturated rings. The fourth-order valence-electron chi connectivity index (χ4n) is 2.02. The molecule has 0 spiro atoms. The molecular formula is C14H17NO. The molecule has 2 rings (SSSR count). The second-order valence-electron chi connectivity index (χ2n) is 4.18. The van der Waals surface area contributed by atoms with Gasteiger partial charge in [-0.3, -0.25) is 4.79 Å². The van der Waals surface area contributed by atoms with Gasteiger partial charge in [-0.25, -0.2) is 0 Å². The van der Waals surface area contributed by atoms with Crippen molar-refractivity contribution < 1.29 is 0 Å². The van der Waals surface area contributed by atoms with Crippen molar-refractivity contribution >= 4 is 10.8 Å². The third kappa shape index (κ3) is 1.87. The molecule has 0 radical (unpaired) electrons. The number of hydrogen-bond acceptors (Lipinski definition) is 1. The topological polar surface area (TPSA) is 22.0 Å². The van der Waals surface area contributed by atoms with Gasteiger partial charge < -0.3 is 4.57 Å². The van der Waals surface area contributed by atoms with E-state index in [1.54, 1.807) is 0 Å². The number of fused-ring (bicyclic) bond motifs is 1. The molecule has 0 bridgehead atoms. The summed E-state index contributed by atoms with van der Waals surface area (Å²) in [6.07, 6.45) is 2.16. The molecule has 0 N–H and O–H groups in total. The van der Waals surface area contributed by atoms with Crippen LogP contribution in [0.25, 0.3) is 10.8 Å². The first-order chi connectivity index (χ1) is 7.74. The van der Waals surface area contributed by atoms with E-state index >= 15 is 0 Å². The summed E-state index contributed by atoms with van der Waals surface area (Å²) in [5.41, 5.74) is 1.20. The molecule has 0 saturated carbocycles. The van der Waals surface area contributed by atoms with Gasteiger partial charge in [0.25, 0.3) is 5.56 Å².